The van der Waals surface area contributed by atoms with Gasteiger partial charge in [0.2, 0.25) is 5.91 Å². The maximum Gasteiger partial charge on any atom is 0.222 e. The smallest absolute Gasteiger partial charge is 0.222 e. The molecule has 4 nitrogen and oxygen atoms in total. The summed E-state index contributed by atoms with van der Waals surface area (Å²) in [5.41, 5.74) is 5.88. The summed E-state index contributed by atoms with van der Waals surface area (Å²) < 4.78 is 0. The van der Waals surface area contributed by atoms with Crippen molar-refractivity contribution in [3.05, 3.63) is 58.9 Å². The predicted octanol–water partition coefficient (Wildman–Crippen LogP) is 3.13. The number of aryl methyl sites for hydroxylation is 3. The van der Waals surface area contributed by atoms with Gasteiger partial charge in [-0.25, -0.2) is 0 Å². The Morgan fingerprint density at radius 2 is 1.73 bits per heavy atom. The van der Waals surface area contributed by atoms with Crippen molar-refractivity contribution in [2.24, 2.45) is 0 Å². The fraction of sp³-hybridized carbons (Fsp3) is 0.333. The lowest BCUT2D eigenvalue weighted by atomic mass is 10.1. The SMILES string of the molecule is Cc1cc(C)c(NCCC(=O)NCc2ccncc2)c(C)c1. The van der Waals surface area contributed by atoms with E-state index in [0.717, 1.165) is 11.3 Å². The van der Waals surface area contributed by atoms with Crippen LogP contribution in [-0.2, 0) is 11.3 Å². The molecule has 0 saturated heterocycles. The van der Waals surface area contributed by atoms with Crippen LogP contribution < -0.4 is 10.6 Å². The number of aromatic nitrogens is 1. The van der Waals surface area contributed by atoms with Crippen molar-refractivity contribution in [1.29, 1.82) is 0 Å². The number of rotatable bonds is 6. The van der Waals surface area contributed by atoms with Gasteiger partial charge in [0.1, 0.15) is 0 Å². The average molecular weight is 297 g/mol. The predicted molar refractivity (Wildman–Crippen MR) is 89.8 cm³/mol. The summed E-state index contributed by atoms with van der Waals surface area (Å²) in [6.07, 6.45) is 3.91. The molecule has 1 aromatic heterocycles. The first-order valence-electron chi connectivity index (χ1n) is 7.53. The third-order valence-electron chi connectivity index (χ3n) is 3.57. The van der Waals surface area contributed by atoms with Crippen molar-refractivity contribution < 1.29 is 4.79 Å². The molecule has 0 spiro atoms. The number of carbonyl (C=O) groups excluding carboxylic acids is 1. The van der Waals surface area contributed by atoms with Crippen LogP contribution in [0.15, 0.2) is 36.7 Å². The Kier molecular flexibility index (Phi) is 5.53. The van der Waals surface area contributed by atoms with Crippen molar-refractivity contribution in [3.63, 3.8) is 0 Å². The van der Waals surface area contributed by atoms with Gasteiger partial charge in [-0.1, -0.05) is 17.7 Å². The van der Waals surface area contributed by atoms with Crippen LogP contribution in [0.4, 0.5) is 5.69 Å². The number of hydrogen-bond donors (Lipinski definition) is 2. The molecular formula is C18H23N3O. The molecule has 0 radical (unpaired) electrons. The van der Waals surface area contributed by atoms with Crippen molar-refractivity contribution in [1.82, 2.24) is 10.3 Å². The molecule has 116 valence electrons. The number of anilines is 1. The summed E-state index contributed by atoms with van der Waals surface area (Å²) in [7, 11) is 0. The van der Waals surface area contributed by atoms with Gasteiger partial charge < -0.3 is 10.6 Å². The molecule has 0 aliphatic rings. The van der Waals surface area contributed by atoms with Crippen molar-refractivity contribution in [2.45, 2.75) is 33.7 Å². The first kappa shape index (κ1) is 16.0. The molecule has 22 heavy (non-hydrogen) atoms. The monoisotopic (exact) mass is 297 g/mol. The molecule has 0 saturated carbocycles. The topological polar surface area (TPSA) is 54.0 Å². The Bertz CT molecular complexity index is 615. The van der Waals surface area contributed by atoms with E-state index in [4.69, 9.17) is 0 Å². The third kappa shape index (κ3) is 4.58. The Morgan fingerprint density at radius 3 is 2.36 bits per heavy atom. The number of nitrogens with zero attached hydrogens (tertiary/aromatic N) is 1. The molecule has 4 heteroatoms. The van der Waals surface area contributed by atoms with Crippen molar-refractivity contribution in [2.75, 3.05) is 11.9 Å². The van der Waals surface area contributed by atoms with Gasteiger partial charge in [0, 0.05) is 37.6 Å². The Hall–Kier alpha value is -2.36. The van der Waals surface area contributed by atoms with Gasteiger partial charge in [0.25, 0.3) is 0 Å². The molecule has 0 bridgehead atoms. The van der Waals surface area contributed by atoms with Gasteiger partial charge in [0.05, 0.1) is 0 Å². The minimum atomic E-state index is 0.0479. The number of amides is 1. The third-order valence-corrected chi connectivity index (χ3v) is 3.57. The molecule has 0 unspecified atom stereocenters. The zero-order valence-corrected chi connectivity index (χ0v) is 13.4. The van der Waals surface area contributed by atoms with Gasteiger partial charge in [-0.2, -0.15) is 0 Å². The van der Waals surface area contributed by atoms with Crippen LogP contribution in [0.1, 0.15) is 28.7 Å². The molecule has 2 rings (SSSR count). The lowest BCUT2D eigenvalue weighted by Gasteiger charge is -2.13. The summed E-state index contributed by atoms with van der Waals surface area (Å²) in [4.78, 5) is 15.8. The van der Waals surface area contributed by atoms with E-state index in [-0.39, 0.29) is 5.91 Å². The highest BCUT2D eigenvalue weighted by atomic mass is 16.1. The standard InChI is InChI=1S/C18H23N3O/c1-13-10-14(2)18(15(3)11-13)20-9-6-17(22)21-12-16-4-7-19-8-5-16/h4-5,7-8,10-11,20H,6,9,12H2,1-3H3,(H,21,22). The number of hydrogen-bond acceptors (Lipinski definition) is 3. The zero-order valence-electron chi connectivity index (χ0n) is 13.4. The Morgan fingerprint density at radius 1 is 1.09 bits per heavy atom. The molecule has 1 amide bonds. The van der Waals surface area contributed by atoms with Crippen LogP contribution in [0.3, 0.4) is 0 Å². The van der Waals surface area contributed by atoms with Crippen LogP contribution >= 0.6 is 0 Å². The second kappa shape index (κ2) is 7.59. The number of benzene rings is 1. The van der Waals surface area contributed by atoms with Crippen LogP contribution in [0.5, 0.6) is 0 Å². The first-order valence-corrected chi connectivity index (χ1v) is 7.53. The van der Waals surface area contributed by atoms with Crippen LogP contribution in [-0.4, -0.2) is 17.4 Å². The summed E-state index contributed by atoms with van der Waals surface area (Å²) in [6, 6.07) is 8.10. The highest BCUT2D eigenvalue weighted by Gasteiger charge is 2.05. The maximum absolute atomic E-state index is 11.9. The van der Waals surface area contributed by atoms with Gasteiger partial charge in [-0.3, -0.25) is 9.78 Å². The maximum atomic E-state index is 11.9. The van der Waals surface area contributed by atoms with E-state index in [0.29, 0.717) is 19.5 Å². The number of pyridine rings is 1. The summed E-state index contributed by atoms with van der Waals surface area (Å²) in [6.45, 7) is 7.45. The van der Waals surface area contributed by atoms with Crippen molar-refractivity contribution >= 4 is 11.6 Å². The van der Waals surface area contributed by atoms with Crippen LogP contribution in [0.25, 0.3) is 0 Å². The summed E-state index contributed by atoms with van der Waals surface area (Å²) >= 11 is 0. The van der Waals surface area contributed by atoms with E-state index in [1.54, 1.807) is 12.4 Å². The minimum Gasteiger partial charge on any atom is -0.384 e. The lowest BCUT2D eigenvalue weighted by molar-refractivity contribution is -0.121. The second-order valence-electron chi connectivity index (χ2n) is 5.58. The fourth-order valence-corrected chi connectivity index (χ4v) is 2.55. The molecule has 0 atom stereocenters. The normalized spacial score (nSPS) is 10.3. The van der Waals surface area contributed by atoms with E-state index in [1.807, 2.05) is 12.1 Å². The van der Waals surface area contributed by atoms with E-state index in [9.17, 15) is 4.79 Å². The number of carbonyl (C=O) groups is 1. The van der Waals surface area contributed by atoms with Crippen LogP contribution in [0.2, 0.25) is 0 Å². The first-order chi connectivity index (χ1) is 10.6. The summed E-state index contributed by atoms with van der Waals surface area (Å²) in [5.74, 6) is 0.0479. The second-order valence-corrected chi connectivity index (χ2v) is 5.58. The minimum absolute atomic E-state index is 0.0479. The van der Waals surface area contributed by atoms with E-state index in [2.05, 4.69) is 48.5 Å². The van der Waals surface area contributed by atoms with Gasteiger partial charge >= 0.3 is 0 Å². The summed E-state index contributed by atoms with van der Waals surface area (Å²) in [5, 5.41) is 6.28. The van der Waals surface area contributed by atoms with E-state index in [1.165, 1.54) is 16.7 Å². The molecule has 1 aromatic carbocycles. The van der Waals surface area contributed by atoms with Crippen molar-refractivity contribution in [3.8, 4) is 0 Å². The highest BCUT2D eigenvalue weighted by Crippen LogP contribution is 2.21. The van der Waals surface area contributed by atoms with E-state index >= 15 is 0 Å². The van der Waals surface area contributed by atoms with Gasteiger partial charge in [-0.15, -0.1) is 0 Å². The molecular weight excluding hydrogens is 274 g/mol. The Labute approximate surface area is 132 Å². The lowest BCUT2D eigenvalue weighted by Crippen LogP contribution is -2.25. The fourth-order valence-electron chi connectivity index (χ4n) is 2.55. The Balaban J connectivity index is 1.78. The van der Waals surface area contributed by atoms with E-state index < -0.39 is 0 Å². The van der Waals surface area contributed by atoms with Gasteiger partial charge in [0.15, 0.2) is 0 Å². The largest absolute Gasteiger partial charge is 0.384 e. The highest BCUT2D eigenvalue weighted by molar-refractivity contribution is 5.76. The number of nitrogens with one attached hydrogen (secondary N) is 2. The molecule has 0 aliphatic carbocycles. The quantitative estimate of drug-likeness (QED) is 0.861. The molecule has 2 N–H and O–H groups in total. The molecule has 2 aromatic rings. The molecule has 0 fully saturated rings. The van der Waals surface area contributed by atoms with Gasteiger partial charge in [-0.05, 0) is 49.6 Å². The molecule has 1 heterocycles. The average Bonchev–Trinajstić information content (AvgIpc) is 2.49. The molecule has 0 aliphatic heterocycles. The van der Waals surface area contributed by atoms with Crippen LogP contribution in [0, 0.1) is 20.8 Å². The zero-order chi connectivity index (χ0) is 15.9.